The van der Waals surface area contributed by atoms with Gasteiger partial charge >= 0.3 is 0 Å². The maximum atomic E-state index is 12.6. The molecule has 0 saturated carbocycles. The summed E-state index contributed by atoms with van der Waals surface area (Å²) in [4.78, 5) is 14.5. The van der Waals surface area contributed by atoms with Gasteiger partial charge in [-0.25, -0.2) is 13.1 Å². The highest BCUT2D eigenvalue weighted by Crippen LogP contribution is 2.31. The molecular formula is C17H22N2O5S. The third-order valence-electron chi connectivity index (χ3n) is 4.46. The fraction of sp³-hybridized carbons (Fsp3) is 0.471. The molecule has 2 saturated heterocycles. The van der Waals surface area contributed by atoms with E-state index in [-0.39, 0.29) is 17.3 Å². The van der Waals surface area contributed by atoms with E-state index in [1.54, 1.807) is 4.90 Å². The molecular weight excluding hydrogens is 344 g/mol. The number of carbonyl (C=O) groups excluding carboxylic acids is 1. The number of benzene rings is 1. The quantitative estimate of drug-likeness (QED) is 0.790. The maximum Gasteiger partial charge on any atom is 0.253 e. The van der Waals surface area contributed by atoms with Crippen LogP contribution in [0.2, 0.25) is 0 Å². The standard InChI is InChI=1S/C17H22N2O5S/c1-2-9-18-25(21,22)15-5-3-14(4-6-15)16(20)19-10-7-17(8-11-19)23-12-13-24-17/h2-6,18H,1,7-13H2. The molecule has 25 heavy (non-hydrogen) atoms. The van der Waals surface area contributed by atoms with Gasteiger partial charge in [0.1, 0.15) is 0 Å². The van der Waals surface area contributed by atoms with Gasteiger partial charge in [0.25, 0.3) is 5.91 Å². The second-order valence-electron chi connectivity index (χ2n) is 6.06. The molecule has 2 aliphatic rings. The number of hydrogen-bond donors (Lipinski definition) is 1. The number of amides is 1. The number of ether oxygens (including phenoxy) is 2. The zero-order valence-corrected chi connectivity index (χ0v) is 14.8. The van der Waals surface area contributed by atoms with Crippen LogP contribution in [0.5, 0.6) is 0 Å². The van der Waals surface area contributed by atoms with E-state index in [2.05, 4.69) is 11.3 Å². The highest BCUT2D eigenvalue weighted by Gasteiger charge is 2.40. The van der Waals surface area contributed by atoms with Crippen LogP contribution >= 0.6 is 0 Å². The fourth-order valence-corrected chi connectivity index (χ4v) is 4.05. The Kier molecular flexibility index (Phi) is 5.24. The van der Waals surface area contributed by atoms with Crippen molar-refractivity contribution in [3.8, 4) is 0 Å². The number of nitrogens with zero attached hydrogens (tertiary/aromatic N) is 1. The molecule has 8 heteroatoms. The summed E-state index contributed by atoms with van der Waals surface area (Å²) in [6, 6.07) is 5.95. The first-order chi connectivity index (χ1) is 12.0. The van der Waals surface area contributed by atoms with E-state index in [9.17, 15) is 13.2 Å². The molecule has 1 spiro atoms. The first kappa shape index (κ1) is 18.1. The topological polar surface area (TPSA) is 84.9 Å². The zero-order chi connectivity index (χ0) is 17.9. The highest BCUT2D eigenvalue weighted by molar-refractivity contribution is 7.89. The summed E-state index contributed by atoms with van der Waals surface area (Å²) in [5.41, 5.74) is 0.465. The lowest BCUT2D eigenvalue weighted by Gasteiger charge is -2.37. The van der Waals surface area contributed by atoms with Crippen molar-refractivity contribution in [3.63, 3.8) is 0 Å². The molecule has 1 amide bonds. The van der Waals surface area contributed by atoms with E-state index in [0.29, 0.717) is 44.7 Å². The van der Waals surface area contributed by atoms with Gasteiger partial charge in [0.05, 0.1) is 18.1 Å². The van der Waals surface area contributed by atoms with Crippen LogP contribution in [0, 0.1) is 0 Å². The molecule has 0 bridgehead atoms. The first-order valence-corrected chi connectivity index (χ1v) is 9.72. The van der Waals surface area contributed by atoms with Gasteiger partial charge in [0, 0.05) is 38.0 Å². The second kappa shape index (κ2) is 7.25. The van der Waals surface area contributed by atoms with Gasteiger partial charge in [-0.1, -0.05) is 6.08 Å². The fourth-order valence-electron chi connectivity index (χ4n) is 3.05. The summed E-state index contributed by atoms with van der Waals surface area (Å²) in [5.74, 6) is -0.637. The van der Waals surface area contributed by atoms with E-state index in [0.717, 1.165) is 0 Å². The van der Waals surface area contributed by atoms with Crippen LogP contribution in [0.3, 0.4) is 0 Å². The van der Waals surface area contributed by atoms with Gasteiger partial charge in [-0.3, -0.25) is 4.79 Å². The van der Waals surface area contributed by atoms with E-state index < -0.39 is 15.8 Å². The molecule has 0 aromatic heterocycles. The molecule has 1 aromatic rings. The van der Waals surface area contributed by atoms with E-state index >= 15 is 0 Å². The van der Waals surface area contributed by atoms with E-state index in [1.165, 1.54) is 30.3 Å². The number of likely N-dealkylation sites (tertiary alicyclic amines) is 1. The van der Waals surface area contributed by atoms with Gasteiger partial charge in [-0.15, -0.1) is 6.58 Å². The van der Waals surface area contributed by atoms with Crippen molar-refractivity contribution in [1.29, 1.82) is 0 Å². The molecule has 0 atom stereocenters. The summed E-state index contributed by atoms with van der Waals surface area (Å²) in [6.07, 6.45) is 2.77. The van der Waals surface area contributed by atoms with Crippen LogP contribution in [0.25, 0.3) is 0 Å². The number of hydrogen-bond acceptors (Lipinski definition) is 5. The van der Waals surface area contributed by atoms with Crippen molar-refractivity contribution in [2.24, 2.45) is 0 Å². The molecule has 7 nitrogen and oxygen atoms in total. The summed E-state index contributed by atoms with van der Waals surface area (Å²) in [6.45, 7) is 5.95. The predicted octanol–water partition coefficient (Wildman–Crippen LogP) is 1.13. The smallest absolute Gasteiger partial charge is 0.253 e. The second-order valence-corrected chi connectivity index (χ2v) is 7.83. The minimum absolute atomic E-state index is 0.115. The van der Waals surface area contributed by atoms with Crippen molar-refractivity contribution in [1.82, 2.24) is 9.62 Å². The molecule has 3 rings (SSSR count). The van der Waals surface area contributed by atoms with Gasteiger partial charge in [0.2, 0.25) is 10.0 Å². The third kappa shape index (κ3) is 3.92. The predicted molar refractivity (Wildman–Crippen MR) is 91.6 cm³/mol. The Morgan fingerprint density at radius 2 is 1.80 bits per heavy atom. The molecule has 0 radical (unpaired) electrons. The van der Waals surface area contributed by atoms with Crippen molar-refractivity contribution < 1.29 is 22.7 Å². The Balaban J connectivity index is 1.64. The van der Waals surface area contributed by atoms with Crippen LogP contribution in [0.1, 0.15) is 23.2 Å². The Labute approximate surface area is 147 Å². The molecule has 2 aliphatic heterocycles. The zero-order valence-electron chi connectivity index (χ0n) is 13.9. The van der Waals surface area contributed by atoms with E-state index in [1.807, 2.05) is 0 Å². The van der Waals surface area contributed by atoms with Crippen LogP contribution in [0.15, 0.2) is 41.8 Å². The van der Waals surface area contributed by atoms with Gasteiger partial charge in [-0.05, 0) is 24.3 Å². The van der Waals surface area contributed by atoms with Gasteiger partial charge in [0.15, 0.2) is 5.79 Å². The minimum atomic E-state index is -3.58. The van der Waals surface area contributed by atoms with Crippen molar-refractivity contribution >= 4 is 15.9 Å². The normalized spacial score (nSPS) is 19.9. The average Bonchev–Trinajstić information content (AvgIpc) is 3.08. The molecule has 1 N–H and O–H groups in total. The van der Waals surface area contributed by atoms with Crippen molar-refractivity contribution in [2.45, 2.75) is 23.5 Å². The maximum absolute atomic E-state index is 12.6. The minimum Gasteiger partial charge on any atom is -0.347 e. The molecule has 0 aliphatic carbocycles. The van der Waals surface area contributed by atoms with Crippen molar-refractivity contribution in [3.05, 3.63) is 42.5 Å². The highest BCUT2D eigenvalue weighted by atomic mass is 32.2. The molecule has 2 fully saturated rings. The molecule has 1 aromatic carbocycles. The largest absolute Gasteiger partial charge is 0.347 e. The van der Waals surface area contributed by atoms with Crippen molar-refractivity contribution in [2.75, 3.05) is 32.8 Å². The number of nitrogens with one attached hydrogen (secondary N) is 1. The average molecular weight is 366 g/mol. The Morgan fingerprint density at radius 3 is 2.36 bits per heavy atom. The molecule has 0 unspecified atom stereocenters. The monoisotopic (exact) mass is 366 g/mol. The summed E-state index contributed by atoms with van der Waals surface area (Å²) in [7, 11) is -3.58. The Bertz CT molecular complexity index is 729. The lowest BCUT2D eigenvalue weighted by atomic mass is 10.0. The summed E-state index contributed by atoms with van der Waals surface area (Å²) >= 11 is 0. The lowest BCUT2D eigenvalue weighted by molar-refractivity contribution is -0.181. The van der Waals surface area contributed by atoms with Crippen LogP contribution in [-0.2, 0) is 19.5 Å². The number of sulfonamides is 1. The van der Waals surface area contributed by atoms with E-state index in [4.69, 9.17) is 9.47 Å². The lowest BCUT2D eigenvalue weighted by Crippen LogP contribution is -2.47. The number of carbonyl (C=O) groups is 1. The summed E-state index contributed by atoms with van der Waals surface area (Å²) in [5, 5.41) is 0. The van der Waals surface area contributed by atoms with Crippen LogP contribution < -0.4 is 4.72 Å². The summed E-state index contributed by atoms with van der Waals surface area (Å²) < 4.78 is 37.8. The molecule has 2 heterocycles. The van der Waals surface area contributed by atoms with Gasteiger partial charge < -0.3 is 14.4 Å². The van der Waals surface area contributed by atoms with Gasteiger partial charge in [-0.2, -0.15) is 0 Å². The van der Waals surface area contributed by atoms with Crippen LogP contribution in [-0.4, -0.2) is 57.9 Å². The Hall–Kier alpha value is -1.74. The number of rotatable bonds is 5. The number of piperidine rings is 1. The molecule has 136 valence electrons. The third-order valence-corrected chi connectivity index (χ3v) is 5.89. The van der Waals surface area contributed by atoms with Crippen LogP contribution in [0.4, 0.5) is 0 Å². The SMILES string of the molecule is C=CCNS(=O)(=O)c1ccc(C(=O)N2CCC3(CC2)OCCO3)cc1. The first-order valence-electron chi connectivity index (χ1n) is 8.24. The Morgan fingerprint density at radius 1 is 1.20 bits per heavy atom.